The zero-order valence-electron chi connectivity index (χ0n) is 16.3. The minimum Gasteiger partial charge on any atom is -0.495 e. The Kier molecular flexibility index (Phi) is 5.47. The summed E-state index contributed by atoms with van der Waals surface area (Å²) in [5, 5.41) is 2.48. The minimum atomic E-state index is 0.243. The number of piperazine rings is 1. The highest BCUT2D eigenvalue weighted by molar-refractivity contribution is 5.86. The number of ether oxygens (including phenoxy) is 1. The molecule has 0 radical (unpaired) electrons. The molecule has 0 aromatic heterocycles. The Morgan fingerprint density at radius 3 is 2.43 bits per heavy atom. The highest BCUT2D eigenvalue weighted by Crippen LogP contribution is 2.28. The van der Waals surface area contributed by atoms with E-state index in [1.165, 1.54) is 16.3 Å². The molecule has 0 atom stereocenters. The molecule has 144 valence electrons. The van der Waals surface area contributed by atoms with Crippen molar-refractivity contribution in [3.63, 3.8) is 0 Å². The molecule has 1 aliphatic heterocycles. The summed E-state index contributed by atoms with van der Waals surface area (Å²) < 4.78 is 5.47. The van der Waals surface area contributed by atoms with Gasteiger partial charge in [-0.1, -0.05) is 54.6 Å². The van der Waals surface area contributed by atoms with Gasteiger partial charge in [-0.2, -0.15) is 0 Å². The van der Waals surface area contributed by atoms with E-state index in [0.717, 1.165) is 44.0 Å². The molecule has 4 heteroatoms. The largest absolute Gasteiger partial charge is 0.495 e. The average molecular weight is 374 g/mol. The van der Waals surface area contributed by atoms with E-state index in [0.29, 0.717) is 6.42 Å². The highest BCUT2D eigenvalue weighted by Gasteiger charge is 2.22. The molecule has 1 saturated heterocycles. The van der Waals surface area contributed by atoms with Crippen LogP contribution in [0.1, 0.15) is 12.0 Å². The van der Waals surface area contributed by atoms with Crippen LogP contribution < -0.4 is 9.64 Å². The second kappa shape index (κ2) is 8.34. The SMILES string of the molecule is COc1ccccc1N1CCN(C(=O)CCc2cccc3ccccc23)CC1. The van der Waals surface area contributed by atoms with E-state index < -0.39 is 0 Å². The van der Waals surface area contributed by atoms with E-state index in [2.05, 4.69) is 53.4 Å². The first-order chi connectivity index (χ1) is 13.8. The maximum absolute atomic E-state index is 12.8. The zero-order chi connectivity index (χ0) is 19.3. The highest BCUT2D eigenvalue weighted by atomic mass is 16.5. The summed E-state index contributed by atoms with van der Waals surface area (Å²) in [6, 6.07) is 22.8. The lowest BCUT2D eigenvalue weighted by Crippen LogP contribution is -2.48. The molecule has 4 rings (SSSR count). The van der Waals surface area contributed by atoms with Crippen LogP contribution in [0.25, 0.3) is 10.8 Å². The van der Waals surface area contributed by atoms with Crippen molar-refractivity contribution in [2.24, 2.45) is 0 Å². The van der Waals surface area contributed by atoms with Gasteiger partial charge in [-0.05, 0) is 34.9 Å². The van der Waals surface area contributed by atoms with Crippen molar-refractivity contribution in [2.45, 2.75) is 12.8 Å². The van der Waals surface area contributed by atoms with Crippen molar-refractivity contribution in [3.05, 3.63) is 72.3 Å². The molecule has 1 fully saturated rings. The molecule has 0 bridgehead atoms. The Morgan fingerprint density at radius 1 is 0.893 bits per heavy atom. The quantitative estimate of drug-likeness (QED) is 0.673. The monoisotopic (exact) mass is 374 g/mol. The van der Waals surface area contributed by atoms with Gasteiger partial charge in [0.2, 0.25) is 5.91 Å². The molecule has 1 amide bonds. The Hall–Kier alpha value is -3.01. The number of rotatable bonds is 5. The van der Waals surface area contributed by atoms with Gasteiger partial charge in [-0.25, -0.2) is 0 Å². The van der Waals surface area contributed by atoms with E-state index in [-0.39, 0.29) is 5.91 Å². The van der Waals surface area contributed by atoms with Gasteiger partial charge in [0.15, 0.2) is 0 Å². The van der Waals surface area contributed by atoms with E-state index >= 15 is 0 Å². The second-order valence-electron chi connectivity index (χ2n) is 7.18. The number of anilines is 1. The first-order valence-corrected chi connectivity index (χ1v) is 9.88. The van der Waals surface area contributed by atoms with Gasteiger partial charge in [0.1, 0.15) is 5.75 Å². The van der Waals surface area contributed by atoms with Crippen molar-refractivity contribution in [3.8, 4) is 5.75 Å². The maximum Gasteiger partial charge on any atom is 0.223 e. The number of benzene rings is 3. The van der Waals surface area contributed by atoms with E-state index in [4.69, 9.17) is 4.74 Å². The average Bonchev–Trinajstić information content (AvgIpc) is 2.77. The van der Waals surface area contributed by atoms with Gasteiger partial charge >= 0.3 is 0 Å². The smallest absolute Gasteiger partial charge is 0.223 e. The molecule has 0 spiro atoms. The van der Waals surface area contributed by atoms with Crippen LogP contribution in [0.4, 0.5) is 5.69 Å². The third kappa shape index (κ3) is 3.81. The number of methoxy groups -OCH3 is 1. The summed E-state index contributed by atoms with van der Waals surface area (Å²) in [6.45, 7) is 3.18. The molecule has 3 aromatic carbocycles. The zero-order valence-corrected chi connectivity index (χ0v) is 16.3. The molecule has 0 saturated carbocycles. The van der Waals surface area contributed by atoms with Gasteiger partial charge in [0.05, 0.1) is 12.8 Å². The summed E-state index contributed by atoms with van der Waals surface area (Å²) in [7, 11) is 1.70. The predicted octanol–water partition coefficient (Wildman–Crippen LogP) is 4.13. The molecular weight excluding hydrogens is 348 g/mol. The fourth-order valence-electron chi connectivity index (χ4n) is 4.00. The predicted molar refractivity (Wildman–Crippen MR) is 114 cm³/mol. The van der Waals surface area contributed by atoms with Crippen LogP contribution in [0.3, 0.4) is 0 Å². The first kappa shape index (κ1) is 18.4. The summed E-state index contributed by atoms with van der Waals surface area (Å²) in [6.07, 6.45) is 1.34. The van der Waals surface area contributed by atoms with Crippen LogP contribution >= 0.6 is 0 Å². The topological polar surface area (TPSA) is 32.8 Å². The van der Waals surface area contributed by atoms with Crippen molar-refractivity contribution in [1.29, 1.82) is 0 Å². The number of carbonyl (C=O) groups is 1. The summed E-state index contributed by atoms with van der Waals surface area (Å²) in [5.74, 6) is 1.13. The van der Waals surface area contributed by atoms with Crippen LogP contribution in [-0.2, 0) is 11.2 Å². The normalized spacial score (nSPS) is 14.3. The molecule has 0 aliphatic carbocycles. The molecule has 4 nitrogen and oxygen atoms in total. The van der Waals surface area contributed by atoms with Gasteiger partial charge < -0.3 is 14.5 Å². The lowest BCUT2D eigenvalue weighted by Gasteiger charge is -2.36. The summed E-state index contributed by atoms with van der Waals surface area (Å²) in [4.78, 5) is 17.1. The van der Waals surface area contributed by atoms with Crippen molar-refractivity contribution in [2.75, 3.05) is 38.2 Å². The standard InChI is InChI=1S/C24H26N2O2/c1-28-23-12-5-4-11-22(23)25-15-17-26(18-16-25)24(27)14-13-20-9-6-8-19-7-2-3-10-21(19)20/h2-12H,13-18H2,1H3. The fraction of sp³-hybridized carbons (Fsp3) is 0.292. The maximum atomic E-state index is 12.8. The number of hydrogen-bond acceptors (Lipinski definition) is 3. The first-order valence-electron chi connectivity index (χ1n) is 9.88. The van der Waals surface area contributed by atoms with Crippen molar-refractivity contribution >= 4 is 22.4 Å². The summed E-state index contributed by atoms with van der Waals surface area (Å²) >= 11 is 0. The van der Waals surface area contributed by atoms with Gasteiger partial charge in [0, 0.05) is 32.6 Å². The molecular formula is C24H26N2O2. The number of para-hydroxylation sites is 2. The molecule has 0 unspecified atom stereocenters. The third-order valence-corrected chi connectivity index (χ3v) is 5.55. The van der Waals surface area contributed by atoms with Crippen LogP contribution in [-0.4, -0.2) is 44.1 Å². The lowest BCUT2D eigenvalue weighted by atomic mass is 10.0. The second-order valence-corrected chi connectivity index (χ2v) is 7.18. The van der Waals surface area contributed by atoms with Crippen LogP contribution in [0, 0.1) is 0 Å². The molecule has 3 aromatic rings. The number of fused-ring (bicyclic) bond motifs is 1. The number of carbonyl (C=O) groups excluding carboxylic acids is 1. The Morgan fingerprint density at radius 2 is 1.61 bits per heavy atom. The number of aryl methyl sites for hydroxylation is 1. The van der Waals surface area contributed by atoms with Gasteiger partial charge in [-0.3, -0.25) is 4.79 Å². The van der Waals surface area contributed by atoms with Crippen molar-refractivity contribution < 1.29 is 9.53 Å². The molecule has 28 heavy (non-hydrogen) atoms. The molecule has 1 heterocycles. The Balaban J connectivity index is 1.35. The van der Waals surface area contributed by atoms with Crippen molar-refractivity contribution in [1.82, 2.24) is 4.90 Å². The number of amides is 1. The van der Waals surface area contributed by atoms with Crippen LogP contribution in [0.5, 0.6) is 5.75 Å². The van der Waals surface area contributed by atoms with E-state index in [1.54, 1.807) is 7.11 Å². The number of hydrogen-bond donors (Lipinski definition) is 0. The van der Waals surface area contributed by atoms with Crippen LogP contribution in [0.2, 0.25) is 0 Å². The van der Waals surface area contributed by atoms with Crippen LogP contribution in [0.15, 0.2) is 66.7 Å². The minimum absolute atomic E-state index is 0.243. The summed E-state index contributed by atoms with van der Waals surface area (Å²) in [5.41, 5.74) is 2.35. The Labute approximate surface area is 166 Å². The Bertz CT molecular complexity index is 956. The van der Waals surface area contributed by atoms with Gasteiger partial charge in [-0.15, -0.1) is 0 Å². The molecule has 0 N–H and O–H groups in total. The van der Waals surface area contributed by atoms with E-state index in [1.807, 2.05) is 23.1 Å². The number of nitrogens with zero attached hydrogens (tertiary/aromatic N) is 2. The fourth-order valence-corrected chi connectivity index (χ4v) is 4.00. The van der Waals surface area contributed by atoms with E-state index in [9.17, 15) is 4.79 Å². The third-order valence-electron chi connectivity index (χ3n) is 5.55. The molecule has 1 aliphatic rings. The lowest BCUT2D eigenvalue weighted by molar-refractivity contribution is -0.131. The van der Waals surface area contributed by atoms with Gasteiger partial charge in [0.25, 0.3) is 0 Å².